The van der Waals surface area contributed by atoms with Crippen LogP contribution in [0.5, 0.6) is 0 Å². The Labute approximate surface area is 176 Å². The van der Waals surface area contributed by atoms with Crippen molar-refractivity contribution in [3.63, 3.8) is 0 Å². The maximum atomic E-state index is 5.54. The molecule has 1 aromatic carbocycles. The number of nitrogens with zero attached hydrogens (tertiary/aromatic N) is 2. The van der Waals surface area contributed by atoms with E-state index in [2.05, 4.69) is 69.4 Å². The third-order valence-corrected chi connectivity index (χ3v) is 6.73. The highest BCUT2D eigenvalue weighted by Crippen LogP contribution is 2.25. The Bertz CT molecular complexity index is 758. The summed E-state index contributed by atoms with van der Waals surface area (Å²) in [6.45, 7) is 7.27. The minimum Gasteiger partial charge on any atom is -0.379 e. The normalized spacial score (nSPS) is 16.8. The Balaban J connectivity index is 1.60. The van der Waals surface area contributed by atoms with Crippen molar-refractivity contribution in [2.75, 3.05) is 46.2 Å². The highest BCUT2D eigenvalue weighted by molar-refractivity contribution is 7.98. The maximum absolute atomic E-state index is 5.54. The number of nitrogens with one attached hydrogen (secondary N) is 2. The summed E-state index contributed by atoms with van der Waals surface area (Å²) in [5.41, 5.74) is 2.59. The molecule has 5 nitrogen and oxygen atoms in total. The lowest BCUT2D eigenvalue weighted by Crippen LogP contribution is -2.46. The first kappa shape index (κ1) is 21.2. The van der Waals surface area contributed by atoms with Gasteiger partial charge in [-0.1, -0.05) is 18.2 Å². The zero-order valence-electron chi connectivity index (χ0n) is 16.9. The first-order chi connectivity index (χ1) is 13.7. The van der Waals surface area contributed by atoms with Crippen molar-refractivity contribution in [3.8, 4) is 0 Å². The molecule has 0 bridgehead atoms. The van der Waals surface area contributed by atoms with Crippen molar-refractivity contribution in [3.05, 3.63) is 51.7 Å². The van der Waals surface area contributed by atoms with E-state index < -0.39 is 0 Å². The molecule has 3 rings (SSSR count). The second kappa shape index (κ2) is 10.9. The van der Waals surface area contributed by atoms with Crippen molar-refractivity contribution >= 4 is 29.1 Å². The molecule has 2 heterocycles. The van der Waals surface area contributed by atoms with Crippen molar-refractivity contribution in [2.24, 2.45) is 4.99 Å². The standard InChI is InChI=1S/C21H30N4OS2/c1-16-6-7-17(20(13-16)27-3)14-23-21(22-2)24-15-18(19-5-4-12-28-19)25-8-10-26-11-9-25/h4-7,12-13,18H,8-11,14-15H2,1-3H3,(H2,22,23,24). The number of hydrogen-bond donors (Lipinski definition) is 2. The summed E-state index contributed by atoms with van der Waals surface area (Å²) >= 11 is 3.60. The van der Waals surface area contributed by atoms with Gasteiger partial charge in [-0.3, -0.25) is 9.89 Å². The van der Waals surface area contributed by atoms with Gasteiger partial charge in [0.2, 0.25) is 0 Å². The molecule has 2 aromatic rings. The van der Waals surface area contributed by atoms with Crippen LogP contribution in [-0.2, 0) is 11.3 Å². The van der Waals surface area contributed by atoms with Gasteiger partial charge in [-0.15, -0.1) is 23.1 Å². The molecule has 1 saturated heterocycles. The molecule has 0 saturated carbocycles. The topological polar surface area (TPSA) is 48.9 Å². The van der Waals surface area contributed by atoms with Crippen LogP contribution in [-0.4, -0.2) is 57.0 Å². The average Bonchev–Trinajstić information content (AvgIpc) is 3.26. The van der Waals surface area contributed by atoms with E-state index in [0.717, 1.165) is 45.4 Å². The van der Waals surface area contributed by atoms with Gasteiger partial charge in [0.1, 0.15) is 0 Å². The Morgan fingerprint density at radius 2 is 2.11 bits per heavy atom. The SMILES string of the molecule is CN=C(NCc1ccc(C)cc1SC)NCC(c1cccs1)N1CCOCC1. The molecule has 1 fully saturated rings. The van der Waals surface area contributed by atoms with Crippen LogP contribution >= 0.6 is 23.1 Å². The molecule has 1 aromatic heterocycles. The zero-order chi connectivity index (χ0) is 19.8. The van der Waals surface area contributed by atoms with Gasteiger partial charge in [0.15, 0.2) is 5.96 Å². The van der Waals surface area contributed by atoms with E-state index in [0.29, 0.717) is 6.04 Å². The van der Waals surface area contributed by atoms with E-state index in [1.165, 1.54) is 20.9 Å². The lowest BCUT2D eigenvalue weighted by atomic mass is 10.1. The van der Waals surface area contributed by atoms with E-state index >= 15 is 0 Å². The fraction of sp³-hybridized carbons (Fsp3) is 0.476. The summed E-state index contributed by atoms with van der Waals surface area (Å²) in [7, 11) is 1.83. The number of benzene rings is 1. The number of aliphatic imine (C=N–C) groups is 1. The van der Waals surface area contributed by atoms with Crippen molar-refractivity contribution < 1.29 is 4.74 Å². The van der Waals surface area contributed by atoms with Crippen LogP contribution in [0.25, 0.3) is 0 Å². The number of ether oxygens (including phenoxy) is 1. The molecule has 152 valence electrons. The highest BCUT2D eigenvalue weighted by Gasteiger charge is 2.23. The van der Waals surface area contributed by atoms with E-state index in [9.17, 15) is 0 Å². The smallest absolute Gasteiger partial charge is 0.191 e. The second-order valence-electron chi connectivity index (χ2n) is 6.80. The number of aryl methyl sites for hydroxylation is 1. The maximum Gasteiger partial charge on any atom is 0.191 e. The van der Waals surface area contributed by atoms with E-state index in [-0.39, 0.29) is 0 Å². The number of guanidine groups is 1. The number of rotatable bonds is 7. The number of thioether (sulfide) groups is 1. The molecule has 1 aliphatic rings. The molecule has 1 aliphatic heterocycles. The van der Waals surface area contributed by atoms with Gasteiger partial charge >= 0.3 is 0 Å². The number of hydrogen-bond acceptors (Lipinski definition) is 5. The van der Waals surface area contributed by atoms with Crippen LogP contribution in [0.4, 0.5) is 0 Å². The van der Waals surface area contributed by atoms with E-state index in [1.807, 2.05) is 18.4 Å². The van der Waals surface area contributed by atoms with Gasteiger partial charge in [0, 0.05) is 43.0 Å². The van der Waals surface area contributed by atoms with Crippen LogP contribution in [0.1, 0.15) is 22.0 Å². The summed E-state index contributed by atoms with van der Waals surface area (Å²) in [6.07, 6.45) is 2.12. The molecule has 0 amide bonds. The molecule has 1 unspecified atom stereocenters. The number of thiophene rings is 1. The predicted octanol–water partition coefficient (Wildman–Crippen LogP) is 3.52. The Hall–Kier alpha value is -1.54. The summed E-state index contributed by atoms with van der Waals surface area (Å²) < 4.78 is 5.54. The molecule has 1 atom stereocenters. The zero-order valence-corrected chi connectivity index (χ0v) is 18.5. The Morgan fingerprint density at radius 1 is 1.29 bits per heavy atom. The van der Waals surface area contributed by atoms with E-state index in [4.69, 9.17) is 4.74 Å². The summed E-state index contributed by atoms with van der Waals surface area (Å²) in [5, 5.41) is 9.15. The molecule has 0 aliphatic carbocycles. The van der Waals surface area contributed by atoms with E-state index in [1.54, 1.807) is 11.8 Å². The molecule has 2 N–H and O–H groups in total. The van der Waals surface area contributed by atoms with Crippen LogP contribution in [0, 0.1) is 6.92 Å². The third kappa shape index (κ3) is 5.73. The molecular formula is C21H30N4OS2. The lowest BCUT2D eigenvalue weighted by Gasteiger charge is -2.34. The van der Waals surface area contributed by atoms with Crippen LogP contribution in [0.15, 0.2) is 45.6 Å². The van der Waals surface area contributed by atoms with Crippen LogP contribution in [0.2, 0.25) is 0 Å². The fourth-order valence-electron chi connectivity index (χ4n) is 3.37. The molecule has 7 heteroatoms. The fourth-order valence-corrected chi connectivity index (χ4v) is 4.94. The van der Waals surface area contributed by atoms with Crippen molar-refractivity contribution in [2.45, 2.75) is 24.4 Å². The van der Waals surface area contributed by atoms with Gasteiger partial charge in [0.25, 0.3) is 0 Å². The first-order valence-electron chi connectivity index (χ1n) is 9.64. The third-order valence-electron chi connectivity index (χ3n) is 4.93. The number of morpholine rings is 1. The van der Waals surface area contributed by atoms with Gasteiger partial charge in [-0.25, -0.2) is 0 Å². The molecule has 0 radical (unpaired) electrons. The lowest BCUT2D eigenvalue weighted by molar-refractivity contribution is 0.0177. The summed E-state index contributed by atoms with van der Waals surface area (Å²) in [6, 6.07) is 11.3. The minimum absolute atomic E-state index is 0.337. The van der Waals surface area contributed by atoms with Gasteiger partial charge < -0.3 is 15.4 Å². The Morgan fingerprint density at radius 3 is 2.79 bits per heavy atom. The summed E-state index contributed by atoms with van der Waals surface area (Å²) in [5.74, 6) is 0.836. The average molecular weight is 419 g/mol. The van der Waals surface area contributed by atoms with Gasteiger partial charge in [-0.05, 0) is 41.8 Å². The Kier molecular flexibility index (Phi) is 8.21. The van der Waals surface area contributed by atoms with Crippen LogP contribution < -0.4 is 10.6 Å². The monoisotopic (exact) mass is 418 g/mol. The van der Waals surface area contributed by atoms with Crippen molar-refractivity contribution in [1.82, 2.24) is 15.5 Å². The second-order valence-corrected chi connectivity index (χ2v) is 8.63. The summed E-state index contributed by atoms with van der Waals surface area (Å²) in [4.78, 5) is 9.62. The predicted molar refractivity (Wildman–Crippen MR) is 121 cm³/mol. The molecular weight excluding hydrogens is 388 g/mol. The van der Waals surface area contributed by atoms with Crippen molar-refractivity contribution in [1.29, 1.82) is 0 Å². The van der Waals surface area contributed by atoms with Crippen LogP contribution in [0.3, 0.4) is 0 Å². The highest BCUT2D eigenvalue weighted by atomic mass is 32.2. The quantitative estimate of drug-likeness (QED) is 0.409. The molecule has 0 spiro atoms. The minimum atomic E-state index is 0.337. The molecule has 28 heavy (non-hydrogen) atoms. The van der Waals surface area contributed by atoms with Gasteiger partial charge in [0.05, 0.1) is 19.3 Å². The van der Waals surface area contributed by atoms with Gasteiger partial charge in [-0.2, -0.15) is 0 Å². The first-order valence-corrected chi connectivity index (χ1v) is 11.7. The largest absolute Gasteiger partial charge is 0.379 e.